The van der Waals surface area contributed by atoms with Gasteiger partial charge in [-0.3, -0.25) is 9.69 Å². The van der Waals surface area contributed by atoms with Crippen molar-refractivity contribution in [2.45, 2.75) is 19.0 Å². The minimum Gasteiger partial charge on any atom is -0.368 e. The zero-order chi connectivity index (χ0) is 9.84. The van der Waals surface area contributed by atoms with Crippen LogP contribution < -0.4 is 16.8 Å². The van der Waals surface area contributed by atoms with Crippen molar-refractivity contribution in [3.05, 3.63) is 0 Å². The van der Waals surface area contributed by atoms with Crippen LogP contribution in [0.2, 0.25) is 0 Å². The van der Waals surface area contributed by atoms with Crippen LogP contribution in [0.4, 0.5) is 0 Å². The normalized spacial score (nSPS) is 27.1. The molecule has 1 heterocycles. The van der Waals surface area contributed by atoms with E-state index in [4.69, 9.17) is 11.5 Å². The highest BCUT2D eigenvalue weighted by Crippen LogP contribution is 2.02. The fourth-order valence-electron chi connectivity index (χ4n) is 1.50. The number of hydrogen-bond donors (Lipinski definition) is 3. The molecule has 1 amide bonds. The maximum atomic E-state index is 10.7. The highest BCUT2D eigenvalue weighted by molar-refractivity contribution is 5.79. The molecule has 0 aromatic heterocycles. The molecule has 76 valence electrons. The van der Waals surface area contributed by atoms with E-state index in [9.17, 15) is 4.79 Å². The van der Waals surface area contributed by atoms with Crippen LogP contribution >= 0.6 is 0 Å². The molecule has 0 spiro atoms. The summed E-state index contributed by atoms with van der Waals surface area (Å²) >= 11 is 0. The Morgan fingerprint density at radius 2 is 2.46 bits per heavy atom. The van der Waals surface area contributed by atoms with Gasteiger partial charge in [-0.25, -0.2) is 0 Å². The second-order valence-corrected chi connectivity index (χ2v) is 3.56. The number of primary amides is 1. The number of nitrogens with two attached hydrogens (primary N) is 2. The summed E-state index contributed by atoms with van der Waals surface area (Å²) in [6.45, 7) is 5.52. The van der Waals surface area contributed by atoms with E-state index in [0.29, 0.717) is 12.6 Å². The molecule has 1 fully saturated rings. The van der Waals surface area contributed by atoms with Crippen LogP contribution in [-0.2, 0) is 4.79 Å². The van der Waals surface area contributed by atoms with E-state index in [1.807, 2.05) is 0 Å². The molecule has 2 atom stereocenters. The van der Waals surface area contributed by atoms with Crippen LogP contribution in [0, 0.1) is 0 Å². The summed E-state index contributed by atoms with van der Waals surface area (Å²) in [6, 6.07) is -0.111. The van der Waals surface area contributed by atoms with Gasteiger partial charge in [-0.05, 0) is 6.92 Å². The molecule has 0 aromatic rings. The van der Waals surface area contributed by atoms with E-state index in [-0.39, 0.29) is 0 Å². The van der Waals surface area contributed by atoms with Crippen LogP contribution in [0.3, 0.4) is 0 Å². The van der Waals surface area contributed by atoms with Crippen LogP contribution in [0.1, 0.15) is 6.92 Å². The Labute approximate surface area is 78.4 Å². The summed E-state index contributed by atoms with van der Waals surface area (Å²) < 4.78 is 0. The first-order valence-corrected chi connectivity index (χ1v) is 4.61. The second kappa shape index (κ2) is 4.55. The Morgan fingerprint density at radius 3 is 3.00 bits per heavy atom. The minimum absolute atomic E-state index is 0.425. The summed E-state index contributed by atoms with van der Waals surface area (Å²) in [6.07, 6.45) is 0. The van der Waals surface area contributed by atoms with Gasteiger partial charge < -0.3 is 16.8 Å². The number of amides is 1. The molecule has 1 aliphatic heterocycles. The molecule has 0 bridgehead atoms. The van der Waals surface area contributed by atoms with Gasteiger partial charge in [-0.2, -0.15) is 0 Å². The number of nitrogens with zero attached hydrogens (tertiary/aromatic N) is 1. The third kappa shape index (κ3) is 2.95. The van der Waals surface area contributed by atoms with E-state index in [1.165, 1.54) is 0 Å². The molecule has 5 heteroatoms. The van der Waals surface area contributed by atoms with Crippen molar-refractivity contribution in [1.82, 2.24) is 10.2 Å². The van der Waals surface area contributed by atoms with E-state index < -0.39 is 11.9 Å². The largest absolute Gasteiger partial charge is 0.368 e. The predicted octanol–water partition coefficient (Wildman–Crippen LogP) is -1.91. The van der Waals surface area contributed by atoms with Crippen LogP contribution in [0.15, 0.2) is 0 Å². The molecule has 5 nitrogen and oxygen atoms in total. The van der Waals surface area contributed by atoms with Gasteiger partial charge in [0, 0.05) is 32.2 Å². The van der Waals surface area contributed by atoms with E-state index in [1.54, 1.807) is 0 Å². The van der Waals surface area contributed by atoms with Crippen molar-refractivity contribution < 1.29 is 4.79 Å². The van der Waals surface area contributed by atoms with Gasteiger partial charge in [-0.15, -0.1) is 0 Å². The second-order valence-electron chi connectivity index (χ2n) is 3.56. The number of nitrogens with one attached hydrogen (secondary N) is 1. The standard InChI is InChI=1S/C8H18N4O/c1-6-4-11-2-3-12(6)5-7(9)8(10)13/h6-7,11H,2-5,9H2,1H3,(H2,10,13). The van der Waals surface area contributed by atoms with E-state index in [0.717, 1.165) is 19.6 Å². The molecule has 0 saturated carbocycles. The van der Waals surface area contributed by atoms with Gasteiger partial charge in [0.1, 0.15) is 0 Å². The first-order valence-electron chi connectivity index (χ1n) is 4.61. The predicted molar refractivity (Wildman–Crippen MR) is 51.1 cm³/mol. The van der Waals surface area contributed by atoms with Crippen molar-refractivity contribution in [2.24, 2.45) is 11.5 Å². The summed E-state index contributed by atoms with van der Waals surface area (Å²) in [4.78, 5) is 12.9. The van der Waals surface area contributed by atoms with Gasteiger partial charge in [0.2, 0.25) is 5.91 Å². The summed E-state index contributed by atoms with van der Waals surface area (Å²) in [7, 11) is 0. The molecule has 0 aliphatic carbocycles. The first-order chi connectivity index (χ1) is 6.11. The highest BCUT2D eigenvalue weighted by atomic mass is 16.1. The van der Waals surface area contributed by atoms with E-state index in [2.05, 4.69) is 17.1 Å². The molecule has 0 radical (unpaired) electrons. The lowest BCUT2D eigenvalue weighted by molar-refractivity contribution is -0.119. The van der Waals surface area contributed by atoms with Gasteiger partial charge in [0.25, 0.3) is 0 Å². The number of piperazine rings is 1. The Hall–Kier alpha value is -0.650. The van der Waals surface area contributed by atoms with E-state index >= 15 is 0 Å². The summed E-state index contributed by atoms with van der Waals surface area (Å²) in [5.41, 5.74) is 10.7. The fourth-order valence-corrected chi connectivity index (χ4v) is 1.50. The number of rotatable bonds is 3. The number of hydrogen-bond acceptors (Lipinski definition) is 4. The molecule has 0 aromatic carbocycles. The smallest absolute Gasteiger partial charge is 0.235 e. The number of carbonyl (C=O) groups is 1. The maximum absolute atomic E-state index is 10.7. The molecular formula is C8H18N4O. The van der Waals surface area contributed by atoms with Gasteiger partial charge in [0.05, 0.1) is 6.04 Å². The lowest BCUT2D eigenvalue weighted by Gasteiger charge is -2.34. The van der Waals surface area contributed by atoms with Crippen molar-refractivity contribution in [3.63, 3.8) is 0 Å². The van der Waals surface area contributed by atoms with Crippen LogP contribution in [0.5, 0.6) is 0 Å². The molecule has 1 rings (SSSR count). The highest BCUT2D eigenvalue weighted by Gasteiger charge is 2.21. The SMILES string of the molecule is CC1CNCCN1CC(N)C(N)=O. The minimum atomic E-state index is -0.541. The molecule has 5 N–H and O–H groups in total. The Morgan fingerprint density at radius 1 is 1.77 bits per heavy atom. The quantitative estimate of drug-likeness (QED) is 0.480. The van der Waals surface area contributed by atoms with Crippen molar-refractivity contribution >= 4 is 5.91 Å². The van der Waals surface area contributed by atoms with Gasteiger partial charge in [-0.1, -0.05) is 0 Å². The van der Waals surface area contributed by atoms with Crippen molar-refractivity contribution in [1.29, 1.82) is 0 Å². The van der Waals surface area contributed by atoms with Gasteiger partial charge >= 0.3 is 0 Å². The third-order valence-corrected chi connectivity index (χ3v) is 2.44. The lowest BCUT2D eigenvalue weighted by atomic mass is 10.2. The van der Waals surface area contributed by atoms with Gasteiger partial charge in [0.15, 0.2) is 0 Å². The molecular weight excluding hydrogens is 168 g/mol. The maximum Gasteiger partial charge on any atom is 0.235 e. The zero-order valence-corrected chi connectivity index (χ0v) is 7.99. The number of carbonyl (C=O) groups excluding carboxylic acids is 1. The van der Waals surface area contributed by atoms with Crippen LogP contribution in [0.25, 0.3) is 0 Å². The van der Waals surface area contributed by atoms with Crippen molar-refractivity contribution in [3.8, 4) is 0 Å². The Balaban J connectivity index is 2.37. The Kier molecular flexibility index (Phi) is 3.65. The van der Waals surface area contributed by atoms with Crippen LogP contribution in [-0.4, -0.2) is 49.1 Å². The summed E-state index contributed by atoms with van der Waals surface area (Å²) in [5.74, 6) is -0.425. The molecule has 13 heavy (non-hydrogen) atoms. The molecule has 1 saturated heterocycles. The average Bonchev–Trinajstić information content (AvgIpc) is 2.08. The zero-order valence-electron chi connectivity index (χ0n) is 7.99. The summed E-state index contributed by atoms with van der Waals surface area (Å²) in [5, 5.41) is 3.27. The average molecular weight is 186 g/mol. The topological polar surface area (TPSA) is 84.4 Å². The molecule has 2 unspecified atom stereocenters. The fraction of sp³-hybridized carbons (Fsp3) is 0.875. The lowest BCUT2D eigenvalue weighted by Crippen LogP contribution is -2.55. The first kappa shape index (κ1) is 10.4. The molecule has 1 aliphatic rings. The van der Waals surface area contributed by atoms with Crippen molar-refractivity contribution in [2.75, 3.05) is 26.2 Å². The third-order valence-electron chi connectivity index (χ3n) is 2.44. The Bertz CT molecular complexity index is 185. The monoisotopic (exact) mass is 186 g/mol.